The number of carbonyl (C=O) groups is 1. The number of H-pyrrole nitrogens is 2. The summed E-state index contributed by atoms with van der Waals surface area (Å²) < 4.78 is 0. The van der Waals surface area contributed by atoms with Crippen molar-refractivity contribution in [2.75, 3.05) is 5.32 Å². The van der Waals surface area contributed by atoms with Crippen molar-refractivity contribution in [2.45, 2.75) is 6.92 Å². The quantitative estimate of drug-likeness (QED) is 0.523. The van der Waals surface area contributed by atoms with Crippen LogP contribution in [0.1, 0.15) is 16.1 Å². The highest BCUT2D eigenvalue weighted by Gasteiger charge is 2.16. The first kappa shape index (κ1) is 15.8. The monoisotopic (exact) mass is 343 g/mol. The molecule has 1 amide bonds. The number of nitrogens with one attached hydrogen (secondary N) is 3. The first-order chi connectivity index (χ1) is 12.7. The van der Waals surface area contributed by atoms with Crippen LogP contribution in [0.2, 0.25) is 0 Å². The number of nitrogens with zero attached hydrogens (tertiary/aromatic N) is 2. The molecule has 6 nitrogen and oxygen atoms in total. The highest BCUT2D eigenvalue weighted by atomic mass is 16.2. The SMILES string of the molecule is Cc1ccc(-c2cnc(NC(=O)c3[nH]ncc3-c3ccccc3)[nH]2)cc1. The number of amides is 1. The Hall–Kier alpha value is -3.67. The van der Waals surface area contributed by atoms with E-state index in [-0.39, 0.29) is 5.91 Å². The van der Waals surface area contributed by atoms with Crippen LogP contribution in [0.3, 0.4) is 0 Å². The minimum atomic E-state index is -0.300. The van der Waals surface area contributed by atoms with Crippen LogP contribution in [0.4, 0.5) is 5.95 Å². The third-order valence-electron chi connectivity index (χ3n) is 4.12. The molecular weight excluding hydrogens is 326 g/mol. The molecule has 0 radical (unpaired) electrons. The number of aryl methyl sites for hydroxylation is 1. The van der Waals surface area contributed by atoms with Crippen molar-refractivity contribution >= 4 is 11.9 Å². The summed E-state index contributed by atoms with van der Waals surface area (Å²) >= 11 is 0. The highest BCUT2D eigenvalue weighted by Crippen LogP contribution is 2.23. The lowest BCUT2D eigenvalue weighted by atomic mass is 10.1. The van der Waals surface area contributed by atoms with E-state index < -0.39 is 0 Å². The van der Waals surface area contributed by atoms with Gasteiger partial charge in [-0.05, 0) is 18.1 Å². The maximum atomic E-state index is 12.6. The molecule has 0 fully saturated rings. The zero-order chi connectivity index (χ0) is 17.9. The third-order valence-corrected chi connectivity index (χ3v) is 4.12. The van der Waals surface area contributed by atoms with Crippen LogP contribution in [0.25, 0.3) is 22.4 Å². The molecule has 6 heteroatoms. The van der Waals surface area contributed by atoms with Gasteiger partial charge < -0.3 is 4.98 Å². The van der Waals surface area contributed by atoms with Crippen LogP contribution in [0, 0.1) is 6.92 Å². The van der Waals surface area contributed by atoms with Gasteiger partial charge in [0.15, 0.2) is 0 Å². The van der Waals surface area contributed by atoms with Gasteiger partial charge in [-0.1, -0.05) is 60.2 Å². The minimum Gasteiger partial charge on any atom is -0.324 e. The fraction of sp³-hybridized carbons (Fsp3) is 0.0500. The first-order valence-electron chi connectivity index (χ1n) is 8.23. The number of aromatic nitrogens is 4. The zero-order valence-electron chi connectivity index (χ0n) is 14.2. The van der Waals surface area contributed by atoms with E-state index in [0.29, 0.717) is 11.6 Å². The molecule has 0 aliphatic rings. The number of anilines is 1. The predicted octanol–water partition coefficient (Wildman–Crippen LogP) is 4.03. The van der Waals surface area contributed by atoms with Gasteiger partial charge in [-0.3, -0.25) is 15.2 Å². The first-order valence-corrected chi connectivity index (χ1v) is 8.23. The molecule has 0 spiro atoms. The second kappa shape index (κ2) is 6.68. The van der Waals surface area contributed by atoms with E-state index in [1.807, 2.05) is 61.5 Å². The summed E-state index contributed by atoms with van der Waals surface area (Å²) in [6.07, 6.45) is 3.34. The molecule has 0 atom stereocenters. The molecule has 0 bridgehead atoms. The lowest BCUT2D eigenvalue weighted by Crippen LogP contribution is -2.14. The molecule has 26 heavy (non-hydrogen) atoms. The number of aromatic amines is 2. The smallest absolute Gasteiger partial charge is 0.276 e. The Labute approximate surface area is 150 Å². The molecule has 0 unspecified atom stereocenters. The van der Waals surface area contributed by atoms with Crippen molar-refractivity contribution in [3.8, 4) is 22.4 Å². The maximum Gasteiger partial charge on any atom is 0.276 e. The Kier molecular flexibility index (Phi) is 4.07. The Morgan fingerprint density at radius 2 is 1.73 bits per heavy atom. The van der Waals surface area contributed by atoms with Crippen molar-refractivity contribution in [3.63, 3.8) is 0 Å². The van der Waals surface area contributed by atoms with Crippen molar-refractivity contribution in [1.29, 1.82) is 0 Å². The van der Waals surface area contributed by atoms with Crippen LogP contribution in [-0.4, -0.2) is 26.1 Å². The predicted molar refractivity (Wildman–Crippen MR) is 101 cm³/mol. The minimum absolute atomic E-state index is 0.300. The Morgan fingerprint density at radius 1 is 0.962 bits per heavy atom. The molecular formula is C20H17N5O. The van der Waals surface area contributed by atoms with Gasteiger partial charge in [0.1, 0.15) is 5.69 Å². The van der Waals surface area contributed by atoms with Gasteiger partial charge in [0.05, 0.1) is 18.1 Å². The van der Waals surface area contributed by atoms with Crippen LogP contribution in [0.5, 0.6) is 0 Å². The normalized spacial score (nSPS) is 10.7. The van der Waals surface area contributed by atoms with Crippen molar-refractivity contribution in [1.82, 2.24) is 20.2 Å². The number of imidazole rings is 1. The van der Waals surface area contributed by atoms with Gasteiger partial charge >= 0.3 is 0 Å². The summed E-state index contributed by atoms with van der Waals surface area (Å²) in [4.78, 5) is 20.0. The molecule has 4 rings (SSSR count). The Balaban J connectivity index is 1.55. The van der Waals surface area contributed by atoms with Gasteiger partial charge in [0, 0.05) is 5.56 Å². The summed E-state index contributed by atoms with van der Waals surface area (Å²) in [5.74, 6) is 0.0883. The number of carbonyl (C=O) groups excluding carboxylic acids is 1. The topological polar surface area (TPSA) is 86.5 Å². The Morgan fingerprint density at radius 3 is 2.50 bits per heavy atom. The van der Waals surface area contributed by atoms with E-state index >= 15 is 0 Å². The van der Waals surface area contributed by atoms with Crippen molar-refractivity contribution in [3.05, 3.63) is 78.2 Å². The van der Waals surface area contributed by atoms with Crippen LogP contribution >= 0.6 is 0 Å². The van der Waals surface area contributed by atoms with Crippen LogP contribution in [-0.2, 0) is 0 Å². The molecule has 2 aromatic heterocycles. The average molecular weight is 343 g/mol. The molecule has 2 aromatic carbocycles. The van der Waals surface area contributed by atoms with E-state index in [4.69, 9.17) is 0 Å². The molecule has 4 aromatic rings. The number of hydrogen-bond acceptors (Lipinski definition) is 3. The lowest BCUT2D eigenvalue weighted by molar-refractivity contribution is 0.102. The average Bonchev–Trinajstić information content (AvgIpc) is 3.32. The molecule has 0 aliphatic carbocycles. The van der Waals surface area contributed by atoms with E-state index in [1.54, 1.807) is 12.4 Å². The van der Waals surface area contributed by atoms with Gasteiger partial charge in [0.25, 0.3) is 5.91 Å². The second-order valence-electron chi connectivity index (χ2n) is 5.99. The van der Waals surface area contributed by atoms with E-state index in [9.17, 15) is 4.79 Å². The zero-order valence-corrected chi connectivity index (χ0v) is 14.2. The standard InChI is InChI=1S/C20H17N5O/c1-13-7-9-15(10-8-13)17-12-21-20(23-17)24-19(26)18-16(11-22-25-18)14-5-3-2-4-6-14/h2-12H,1H3,(H,22,25)(H2,21,23,24,26). The Bertz CT molecular complexity index is 1030. The molecule has 0 saturated heterocycles. The van der Waals surface area contributed by atoms with E-state index in [2.05, 4.69) is 25.5 Å². The fourth-order valence-electron chi connectivity index (χ4n) is 2.73. The van der Waals surface area contributed by atoms with Gasteiger partial charge in [-0.2, -0.15) is 5.10 Å². The van der Waals surface area contributed by atoms with E-state index in [0.717, 1.165) is 22.4 Å². The highest BCUT2D eigenvalue weighted by molar-refractivity contribution is 6.06. The summed E-state index contributed by atoms with van der Waals surface area (Å²) in [5, 5.41) is 9.55. The molecule has 128 valence electrons. The van der Waals surface area contributed by atoms with Gasteiger partial charge in [-0.25, -0.2) is 4.98 Å². The number of hydrogen-bond donors (Lipinski definition) is 3. The summed E-state index contributed by atoms with van der Waals surface area (Å²) in [6, 6.07) is 17.7. The third kappa shape index (κ3) is 3.12. The van der Waals surface area contributed by atoms with Gasteiger partial charge in [-0.15, -0.1) is 0 Å². The molecule has 0 saturated carbocycles. The largest absolute Gasteiger partial charge is 0.324 e. The molecule has 0 aliphatic heterocycles. The fourth-order valence-corrected chi connectivity index (χ4v) is 2.73. The summed E-state index contributed by atoms with van der Waals surface area (Å²) in [6.45, 7) is 2.04. The summed E-state index contributed by atoms with van der Waals surface area (Å²) in [7, 11) is 0. The lowest BCUT2D eigenvalue weighted by Gasteiger charge is -2.03. The number of rotatable bonds is 4. The van der Waals surface area contributed by atoms with Crippen molar-refractivity contribution < 1.29 is 4.79 Å². The van der Waals surface area contributed by atoms with Crippen LogP contribution in [0.15, 0.2) is 67.0 Å². The van der Waals surface area contributed by atoms with E-state index in [1.165, 1.54) is 5.56 Å². The van der Waals surface area contributed by atoms with Gasteiger partial charge in [0.2, 0.25) is 5.95 Å². The maximum absolute atomic E-state index is 12.6. The molecule has 2 heterocycles. The van der Waals surface area contributed by atoms with Crippen LogP contribution < -0.4 is 5.32 Å². The summed E-state index contributed by atoms with van der Waals surface area (Å²) in [5.41, 5.74) is 5.10. The second-order valence-corrected chi connectivity index (χ2v) is 5.99. The van der Waals surface area contributed by atoms with Crippen molar-refractivity contribution in [2.24, 2.45) is 0 Å². The number of benzene rings is 2. The molecule has 3 N–H and O–H groups in total.